The van der Waals surface area contributed by atoms with Gasteiger partial charge in [0, 0.05) is 38.9 Å². The van der Waals surface area contributed by atoms with E-state index in [2.05, 4.69) is 289 Å². The van der Waals surface area contributed by atoms with Crippen LogP contribution in [-0.2, 0) is 5.41 Å². The highest BCUT2D eigenvalue weighted by molar-refractivity contribution is 6.18. The molecule has 0 radical (unpaired) electrons. The van der Waals surface area contributed by atoms with Crippen molar-refractivity contribution in [3.05, 3.63) is 301 Å². The molecule has 0 unspecified atom stereocenters. The van der Waals surface area contributed by atoms with Gasteiger partial charge in [-0.3, -0.25) is 0 Å². The van der Waals surface area contributed by atoms with Crippen molar-refractivity contribution in [1.82, 2.24) is 4.57 Å². The molecule has 0 atom stereocenters. The zero-order valence-electron chi connectivity index (χ0n) is 37.0. The molecule has 12 rings (SSSR count). The first-order valence-electron chi connectivity index (χ1n) is 23.1. The van der Waals surface area contributed by atoms with Crippen LogP contribution in [0.5, 0.6) is 0 Å². The van der Waals surface area contributed by atoms with Crippen molar-refractivity contribution in [2.24, 2.45) is 0 Å². The zero-order valence-corrected chi connectivity index (χ0v) is 37.0. The molecule has 0 aliphatic carbocycles. The standard InChI is InChI=1S/C65H46N2/c1-5-19-47(20-6-1)50-22-17-30-58(45-50)66(57-42-38-55(39-43-57)65(52-24-7-2-8-25-52,53-26-9-3-10-27-53)54-28-11-4-12-29-54)56-40-35-48(36-41-56)51-23-18-31-59(46-51)67-63-34-16-15-33-61(63)62-44-37-49-21-13-14-32-60(49)64(62)67/h1-46H. The van der Waals surface area contributed by atoms with Gasteiger partial charge in [-0.2, -0.15) is 0 Å². The Morgan fingerprint density at radius 2 is 0.761 bits per heavy atom. The molecule has 12 aromatic rings. The molecule has 0 saturated carbocycles. The quantitative estimate of drug-likeness (QED) is 0.124. The molecule has 2 nitrogen and oxygen atoms in total. The van der Waals surface area contributed by atoms with E-state index in [-0.39, 0.29) is 0 Å². The third kappa shape index (κ3) is 6.99. The normalized spacial score (nSPS) is 11.6. The van der Waals surface area contributed by atoms with Gasteiger partial charge in [0.1, 0.15) is 0 Å². The van der Waals surface area contributed by atoms with Crippen molar-refractivity contribution in [1.29, 1.82) is 0 Å². The topological polar surface area (TPSA) is 8.17 Å². The van der Waals surface area contributed by atoms with Crippen LogP contribution >= 0.6 is 0 Å². The van der Waals surface area contributed by atoms with E-state index in [9.17, 15) is 0 Å². The minimum Gasteiger partial charge on any atom is -0.310 e. The summed E-state index contributed by atoms with van der Waals surface area (Å²) in [6.45, 7) is 0. The smallest absolute Gasteiger partial charge is 0.0701 e. The Kier molecular flexibility index (Phi) is 10.1. The number of fused-ring (bicyclic) bond motifs is 5. The van der Waals surface area contributed by atoms with Crippen molar-refractivity contribution < 1.29 is 0 Å². The maximum absolute atomic E-state index is 2.44. The highest BCUT2D eigenvalue weighted by Crippen LogP contribution is 2.47. The second-order valence-electron chi connectivity index (χ2n) is 17.3. The van der Waals surface area contributed by atoms with Gasteiger partial charge in [-0.1, -0.05) is 224 Å². The number of rotatable bonds is 10. The maximum Gasteiger partial charge on any atom is 0.0701 e. The van der Waals surface area contributed by atoms with Gasteiger partial charge in [0.2, 0.25) is 0 Å². The summed E-state index contributed by atoms with van der Waals surface area (Å²) >= 11 is 0. The van der Waals surface area contributed by atoms with Gasteiger partial charge in [-0.25, -0.2) is 0 Å². The van der Waals surface area contributed by atoms with Gasteiger partial charge in [-0.05, 0) is 104 Å². The Hall–Kier alpha value is -8.72. The number of hydrogen-bond acceptors (Lipinski definition) is 1. The summed E-state index contributed by atoms with van der Waals surface area (Å²) in [4.78, 5) is 2.38. The molecule has 0 fully saturated rings. The summed E-state index contributed by atoms with van der Waals surface area (Å²) in [6, 6.07) is 102. The van der Waals surface area contributed by atoms with Gasteiger partial charge in [-0.15, -0.1) is 0 Å². The highest BCUT2D eigenvalue weighted by Gasteiger charge is 2.38. The first-order chi connectivity index (χ1) is 33.2. The van der Waals surface area contributed by atoms with E-state index < -0.39 is 5.41 Å². The summed E-state index contributed by atoms with van der Waals surface area (Å²) in [5, 5.41) is 5.01. The predicted molar refractivity (Wildman–Crippen MR) is 282 cm³/mol. The molecule has 0 aliphatic rings. The second kappa shape index (κ2) is 17.0. The van der Waals surface area contributed by atoms with Gasteiger partial charge in [0.05, 0.1) is 16.4 Å². The summed E-state index contributed by atoms with van der Waals surface area (Å²) in [7, 11) is 0. The van der Waals surface area contributed by atoms with E-state index in [4.69, 9.17) is 0 Å². The van der Waals surface area contributed by atoms with Gasteiger partial charge >= 0.3 is 0 Å². The van der Waals surface area contributed by atoms with E-state index in [0.717, 1.165) is 33.9 Å². The van der Waals surface area contributed by atoms with Crippen LogP contribution in [0, 0.1) is 0 Å². The fourth-order valence-electron chi connectivity index (χ4n) is 10.5. The Labute approximate surface area is 391 Å². The molecule has 2 heteroatoms. The Morgan fingerprint density at radius 3 is 1.40 bits per heavy atom. The van der Waals surface area contributed by atoms with Crippen LogP contribution < -0.4 is 4.90 Å². The van der Waals surface area contributed by atoms with Gasteiger partial charge in [0.25, 0.3) is 0 Å². The fourth-order valence-corrected chi connectivity index (χ4v) is 10.5. The molecule has 0 N–H and O–H groups in total. The van der Waals surface area contributed by atoms with E-state index in [1.165, 1.54) is 66.0 Å². The average molecular weight is 855 g/mol. The number of nitrogens with zero attached hydrogens (tertiary/aromatic N) is 2. The Morgan fingerprint density at radius 1 is 0.284 bits per heavy atom. The molecule has 0 bridgehead atoms. The third-order valence-corrected chi connectivity index (χ3v) is 13.5. The van der Waals surface area contributed by atoms with Gasteiger partial charge < -0.3 is 9.47 Å². The van der Waals surface area contributed by atoms with Crippen LogP contribution in [0.3, 0.4) is 0 Å². The van der Waals surface area contributed by atoms with Crippen LogP contribution in [0.25, 0.3) is 60.5 Å². The molecular formula is C65H46N2. The number of para-hydroxylation sites is 1. The van der Waals surface area contributed by atoms with E-state index >= 15 is 0 Å². The van der Waals surface area contributed by atoms with Crippen molar-refractivity contribution >= 4 is 49.6 Å². The van der Waals surface area contributed by atoms with Crippen LogP contribution in [-0.4, -0.2) is 4.57 Å². The van der Waals surface area contributed by atoms with Crippen molar-refractivity contribution in [3.8, 4) is 27.9 Å². The minimum absolute atomic E-state index is 0.539. The summed E-state index contributed by atoms with van der Waals surface area (Å²) in [5.74, 6) is 0. The largest absolute Gasteiger partial charge is 0.310 e. The third-order valence-electron chi connectivity index (χ3n) is 13.5. The first kappa shape index (κ1) is 39.8. The lowest BCUT2D eigenvalue weighted by atomic mass is 9.65. The Balaban J connectivity index is 0.978. The van der Waals surface area contributed by atoms with E-state index in [1.807, 2.05) is 0 Å². The monoisotopic (exact) mass is 854 g/mol. The predicted octanol–water partition coefficient (Wildman–Crippen LogP) is 17.1. The van der Waals surface area contributed by atoms with Crippen LogP contribution in [0.2, 0.25) is 0 Å². The molecular weight excluding hydrogens is 809 g/mol. The lowest BCUT2D eigenvalue weighted by molar-refractivity contribution is 0.745. The molecule has 0 saturated heterocycles. The molecule has 11 aromatic carbocycles. The summed E-state index contributed by atoms with van der Waals surface area (Å²) in [5.41, 5.74) is 15.8. The molecule has 0 spiro atoms. The Bertz CT molecular complexity index is 3560. The van der Waals surface area contributed by atoms with Gasteiger partial charge in [0.15, 0.2) is 0 Å². The van der Waals surface area contributed by atoms with Crippen molar-refractivity contribution in [2.75, 3.05) is 4.90 Å². The summed E-state index contributed by atoms with van der Waals surface area (Å²) < 4.78 is 2.44. The average Bonchev–Trinajstić information content (AvgIpc) is 3.76. The van der Waals surface area contributed by atoms with E-state index in [1.54, 1.807) is 0 Å². The van der Waals surface area contributed by atoms with E-state index in [0.29, 0.717) is 0 Å². The number of aromatic nitrogens is 1. The lowest BCUT2D eigenvalue weighted by Gasteiger charge is -2.37. The molecule has 1 aromatic heterocycles. The highest BCUT2D eigenvalue weighted by atomic mass is 15.1. The van der Waals surface area contributed by atoms with Crippen LogP contribution in [0.4, 0.5) is 17.1 Å². The van der Waals surface area contributed by atoms with Crippen molar-refractivity contribution in [3.63, 3.8) is 0 Å². The molecule has 316 valence electrons. The number of benzene rings is 11. The summed E-state index contributed by atoms with van der Waals surface area (Å²) in [6.07, 6.45) is 0. The maximum atomic E-state index is 2.44. The number of anilines is 3. The lowest BCUT2D eigenvalue weighted by Crippen LogP contribution is -2.31. The first-order valence-corrected chi connectivity index (χ1v) is 23.1. The van der Waals surface area contributed by atoms with Crippen LogP contribution in [0.1, 0.15) is 22.3 Å². The van der Waals surface area contributed by atoms with Crippen molar-refractivity contribution in [2.45, 2.75) is 5.41 Å². The number of hydrogen-bond donors (Lipinski definition) is 0. The van der Waals surface area contributed by atoms with Crippen LogP contribution in [0.15, 0.2) is 279 Å². The molecule has 1 heterocycles. The zero-order chi connectivity index (χ0) is 44.6. The fraction of sp³-hybridized carbons (Fsp3) is 0.0154. The second-order valence-corrected chi connectivity index (χ2v) is 17.3. The minimum atomic E-state index is -0.539. The SMILES string of the molecule is c1ccc(-c2cccc(N(c3ccc(-c4cccc(-n5c6ccccc6c6ccc7ccccc7c65)c4)cc3)c3ccc(C(c4ccccc4)(c4ccccc4)c4ccccc4)cc3)c2)cc1. The molecule has 67 heavy (non-hydrogen) atoms. The molecule has 0 aliphatic heterocycles. The molecule has 0 amide bonds.